The lowest BCUT2D eigenvalue weighted by Crippen LogP contribution is -2.43. The number of piperidine rings is 1. The Kier molecular flexibility index (Phi) is 5.82. The minimum atomic E-state index is -0.426. The van der Waals surface area contributed by atoms with E-state index >= 15 is 4.39 Å². The first kappa shape index (κ1) is 21.9. The number of pyridine rings is 1. The molecule has 2 aliphatic heterocycles. The summed E-state index contributed by atoms with van der Waals surface area (Å²) in [5.74, 6) is -0.761. The van der Waals surface area contributed by atoms with Crippen LogP contribution in [0.3, 0.4) is 0 Å². The van der Waals surface area contributed by atoms with E-state index in [4.69, 9.17) is 17.3 Å². The summed E-state index contributed by atoms with van der Waals surface area (Å²) in [4.78, 5) is 30.0. The largest absolute Gasteiger partial charge is 0.368 e. The molecule has 2 amide bonds. The van der Waals surface area contributed by atoms with Gasteiger partial charge >= 0.3 is 0 Å². The fraction of sp³-hybridized carbons (Fsp3) is 0.208. The van der Waals surface area contributed by atoms with Crippen molar-refractivity contribution in [3.8, 4) is 11.1 Å². The standard InChI is InChI=1S/C24H20ClFN4O2S/c25-17-11-28-19-5-3-13(9-21-23(31)29-24(32)33-21)8-16(19)22(17)14-4-6-20(18(26)10-14)30-7-1-2-15(27)12-30/h3-6,8-11,15H,1-2,7,12,27H2,(H,29,31,32)/t15-/m1/s1. The zero-order valence-electron chi connectivity index (χ0n) is 17.5. The fourth-order valence-corrected chi connectivity index (χ4v) is 5.23. The van der Waals surface area contributed by atoms with Crippen molar-refractivity contribution >= 4 is 57.2 Å². The van der Waals surface area contributed by atoms with E-state index in [0.717, 1.165) is 36.5 Å². The van der Waals surface area contributed by atoms with Gasteiger partial charge in [0.05, 0.1) is 21.1 Å². The molecule has 3 N–H and O–H groups in total. The zero-order chi connectivity index (χ0) is 23.1. The Morgan fingerprint density at radius 1 is 1.24 bits per heavy atom. The van der Waals surface area contributed by atoms with E-state index in [0.29, 0.717) is 44.4 Å². The topological polar surface area (TPSA) is 88.3 Å². The van der Waals surface area contributed by atoms with Gasteiger partial charge in [0.25, 0.3) is 11.1 Å². The van der Waals surface area contributed by atoms with E-state index in [1.54, 1.807) is 30.5 Å². The number of hydrogen-bond donors (Lipinski definition) is 2. The molecule has 0 unspecified atom stereocenters. The second kappa shape index (κ2) is 8.78. The van der Waals surface area contributed by atoms with Gasteiger partial charge in [-0.15, -0.1) is 0 Å². The molecule has 1 atom stereocenters. The molecular formula is C24H20ClFN4O2S. The summed E-state index contributed by atoms with van der Waals surface area (Å²) in [6.45, 7) is 1.40. The zero-order valence-corrected chi connectivity index (χ0v) is 19.0. The number of carbonyl (C=O) groups is 2. The molecule has 3 heterocycles. The third-order valence-corrected chi connectivity index (χ3v) is 6.92. The SMILES string of the molecule is N[C@@H]1CCCN(c2ccc(-c3c(Cl)cnc4ccc(C=C5SC(=O)NC5=O)cc34)cc2F)C1. The number of rotatable bonds is 3. The van der Waals surface area contributed by atoms with Crippen LogP contribution < -0.4 is 16.0 Å². The van der Waals surface area contributed by atoms with Crippen molar-refractivity contribution in [2.75, 3.05) is 18.0 Å². The minimum Gasteiger partial charge on any atom is -0.368 e. The Bertz CT molecular complexity index is 1330. The van der Waals surface area contributed by atoms with Crippen LogP contribution in [0.2, 0.25) is 5.02 Å². The number of carbonyl (C=O) groups excluding carboxylic acids is 2. The van der Waals surface area contributed by atoms with Crippen LogP contribution in [0.25, 0.3) is 28.1 Å². The third-order valence-electron chi connectivity index (χ3n) is 5.82. The Labute approximate surface area is 199 Å². The van der Waals surface area contributed by atoms with Crippen molar-refractivity contribution in [2.45, 2.75) is 18.9 Å². The molecule has 6 nitrogen and oxygen atoms in total. The highest BCUT2D eigenvalue weighted by Gasteiger charge is 2.25. The first-order chi connectivity index (χ1) is 15.9. The number of aromatic nitrogens is 1. The van der Waals surface area contributed by atoms with Crippen molar-refractivity contribution in [3.63, 3.8) is 0 Å². The molecule has 2 fully saturated rings. The molecule has 33 heavy (non-hydrogen) atoms. The summed E-state index contributed by atoms with van der Waals surface area (Å²) in [5, 5.41) is 2.95. The molecule has 168 valence electrons. The van der Waals surface area contributed by atoms with Gasteiger partial charge in [-0.05, 0) is 66.1 Å². The number of halogens is 2. The second-order valence-electron chi connectivity index (χ2n) is 8.12. The van der Waals surface area contributed by atoms with Crippen LogP contribution in [0.15, 0.2) is 47.5 Å². The molecule has 2 aliphatic rings. The van der Waals surface area contributed by atoms with Gasteiger partial charge in [0.15, 0.2) is 0 Å². The number of nitrogens with two attached hydrogens (primary N) is 1. The van der Waals surface area contributed by atoms with Crippen molar-refractivity contribution in [1.82, 2.24) is 10.3 Å². The number of hydrogen-bond acceptors (Lipinski definition) is 6. The number of benzene rings is 2. The van der Waals surface area contributed by atoms with Gasteiger partial charge in [0, 0.05) is 36.3 Å². The number of thioether (sulfide) groups is 1. The molecule has 0 spiro atoms. The van der Waals surface area contributed by atoms with Crippen LogP contribution in [0, 0.1) is 5.82 Å². The molecule has 9 heteroatoms. The van der Waals surface area contributed by atoms with Gasteiger partial charge in [0.1, 0.15) is 5.82 Å². The summed E-state index contributed by atoms with van der Waals surface area (Å²) < 4.78 is 15.2. The summed E-state index contributed by atoms with van der Waals surface area (Å²) in [6, 6.07) is 10.6. The molecule has 2 saturated heterocycles. The number of imide groups is 1. The van der Waals surface area contributed by atoms with E-state index in [1.165, 1.54) is 6.07 Å². The minimum absolute atomic E-state index is 0.0411. The highest BCUT2D eigenvalue weighted by Crippen LogP contribution is 2.37. The normalized spacial score (nSPS) is 20.0. The van der Waals surface area contributed by atoms with E-state index in [2.05, 4.69) is 10.3 Å². The van der Waals surface area contributed by atoms with E-state index in [9.17, 15) is 9.59 Å². The molecule has 0 saturated carbocycles. The number of anilines is 1. The van der Waals surface area contributed by atoms with Crippen LogP contribution in [0.5, 0.6) is 0 Å². The molecule has 2 aromatic carbocycles. The lowest BCUT2D eigenvalue weighted by atomic mass is 9.98. The van der Waals surface area contributed by atoms with Gasteiger partial charge in [-0.1, -0.05) is 23.7 Å². The average Bonchev–Trinajstić information content (AvgIpc) is 3.10. The second-order valence-corrected chi connectivity index (χ2v) is 9.55. The molecule has 0 bridgehead atoms. The van der Waals surface area contributed by atoms with Crippen molar-refractivity contribution in [2.24, 2.45) is 5.73 Å². The summed E-state index contributed by atoms with van der Waals surface area (Å²) >= 11 is 7.37. The summed E-state index contributed by atoms with van der Waals surface area (Å²) in [6.07, 6.45) is 5.06. The first-order valence-corrected chi connectivity index (χ1v) is 11.7. The number of fused-ring (bicyclic) bond motifs is 1. The molecule has 0 aliphatic carbocycles. The van der Waals surface area contributed by atoms with Gasteiger partial charge in [-0.3, -0.25) is 19.9 Å². The quantitative estimate of drug-likeness (QED) is 0.514. The molecular weight excluding hydrogens is 463 g/mol. The maximum atomic E-state index is 15.2. The number of amides is 2. The Balaban J connectivity index is 1.57. The Morgan fingerprint density at radius 2 is 2.09 bits per heavy atom. The van der Waals surface area contributed by atoms with Gasteiger partial charge in [0.2, 0.25) is 0 Å². The maximum Gasteiger partial charge on any atom is 0.290 e. The number of nitrogens with zero attached hydrogens (tertiary/aromatic N) is 2. The van der Waals surface area contributed by atoms with Crippen molar-refractivity contribution in [1.29, 1.82) is 0 Å². The van der Waals surface area contributed by atoms with Crippen LogP contribution in [-0.4, -0.2) is 35.3 Å². The van der Waals surface area contributed by atoms with Gasteiger partial charge < -0.3 is 10.6 Å². The smallest absolute Gasteiger partial charge is 0.290 e. The predicted octanol–water partition coefficient (Wildman–Crippen LogP) is 4.95. The fourth-order valence-electron chi connectivity index (χ4n) is 4.29. The highest BCUT2D eigenvalue weighted by molar-refractivity contribution is 8.18. The van der Waals surface area contributed by atoms with E-state index in [-0.39, 0.29) is 11.9 Å². The first-order valence-electron chi connectivity index (χ1n) is 10.5. The molecule has 0 radical (unpaired) electrons. The van der Waals surface area contributed by atoms with E-state index < -0.39 is 11.1 Å². The van der Waals surface area contributed by atoms with Crippen LogP contribution in [0.1, 0.15) is 18.4 Å². The van der Waals surface area contributed by atoms with Crippen molar-refractivity contribution in [3.05, 3.63) is 63.9 Å². The van der Waals surface area contributed by atoms with Gasteiger partial charge in [-0.25, -0.2) is 4.39 Å². The molecule has 3 aromatic rings. The summed E-state index contributed by atoms with van der Waals surface area (Å²) in [5.41, 5.74) is 9.27. The summed E-state index contributed by atoms with van der Waals surface area (Å²) in [7, 11) is 0. The third kappa shape index (κ3) is 4.34. The van der Waals surface area contributed by atoms with Gasteiger partial charge in [-0.2, -0.15) is 0 Å². The lowest BCUT2D eigenvalue weighted by Gasteiger charge is -2.33. The van der Waals surface area contributed by atoms with E-state index in [1.807, 2.05) is 17.0 Å². The lowest BCUT2D eigenvalue weighted by molar-refractivity contribution is -0.115. The Hall–Kier alpha value is -2.94. The molecule has 5 rings (SSSR count). The maximum absolute atomic E-state index is 15.2. The van der Waals surface area contributed by atoms with Crippen LogP contribution >= 0.6 is 23.4 Å². The Morgan fingerprint density at radius 3 is 2.82 bits per heavy atom. The molecule has 1 aromatic heterocycles. The van der Waals surface area contributed by atoms with Crippen LogP contribution in [0.4, 0.5) is 14.9 Å². The predicted molar refractivity (Wildman–Crippen MR) is 131 cm³/mol. The van der Waals surface area contributed by atoms with Crippen LogP contribution in [-0.2, 0) is 4.79 Å². The highest BCUT2D eigenvalue weighted by atomic mass is 35.5. The average molecular weight is 483 g/mol. The number of nitrogens with one attached hydrogen (secondary N) is 1. The monoisotopic (exact) mass is 482 g/mol. The van der Waals surface area contributed by atoms with Crippen molar-refractivity contribution < 1.29 is 14.0 Å².